The smallest absolute Gasteiger partial charge is 0.0589 e. The highest BCUT2D eigenvalue weighted by atomic mass is 16.5. The molecule has 20 heavy (non-hydrogen) atoms. The third kappa shape index (κ3) is 4.58. The van der Waals surface area contributed by atoms with Crippen LogP contribution < -0.4 is 5.32 Å². The summed E-state index contributed by atoms with van der Waals surface area (Å²) in [6.07, 6.45) is 3.87. The van der Waals surface area contributed by atoms with Gasteiger partial charge in [-0.2, -0.15) is 0 Å². The van der Waals surface area contributed by atoms with Crippen LogP contribution in [-0.2, 0) is 4.74 Å². The molecule has 1 fully saturated rings. The van der Waals surface area contributed by atoms with Gasteiger partial charge in [0.25, 0.3) is 0 Å². The molecular weight excluding hydrogens is 248 g/mol. The zero-order chi connectivity index (χ0) is 14.4. The number of rotatable bonds is 9. The van der Waals surface area contributed by atoms with E-state index in [2.05, 4.69) is 48.5 Å². The number of nitrogens with zero attached hydrogens (tertiary/aromatic N) is 1. The highest BCUT2D eigenvalue weighted by molar-refractivity contribution is 5.24. The second-order valence-electron chi connectivity index (χ2n) is 5.80. The minimum Gasteiger partial charge on any atom is -0.383 e. The molecule has 1 aromatic rings. The van der Waals surface area contributed by atoms with Crippen molar-refractivity contribution >= 4 is 0 Å². The lowest BCUT2D eigenvalue weighted by atomic mass is 10.0. The molecule has 1 aromatic carbocycles. The Labute approximate surface area is 123 Å². The van der Waals surface area contributed by atoms with Crippen LogP contribution in [0.5, 0.6) is 0 Å². The average Bonchev–Trinajstić information content (AvgIpc) is 3.29. The van der Waals surface area contributed by atoms with Crippen molar-refractivity contribution in [3.05, 3.63) is 35.4 Å². The molecule has 112 valence electrons. The van der Waals surface area contributed by atoms with Crippen LogP contribution in [0.15, 0.2) is 24.3 Å². The van der Waals surface area contributed by atoms with Crippen molar-refractivity contribution in [3.8, 4) is 0 Å². The Morgan fingerprint density at radius 3 is 2.50 bits per heavy atom. The van der Waals surface area contributed by atoms with Gasteiger partial charge in [0, 0.05) is 32.3 Å². The number of benzene rings is 1. The van der Waals surface area contributed by atoms with Crippen molar-refractivity contribution in [3.63, 3.8) is 0 Å². The Morgan fingerprint density at radius 1 is 1.25 bits per heavy atom. The molecule has 0 heterocycles. The summed E-state index contributed by atoms with van der Waals surface area (Å²) in [6.45, 7) is 5.18. The van der Waals surface area contributed by atoms with Crippen molar-refractivity contribution in [2.75, 3.05) is 33.9 Å². The fourth-order valence-corrected chi connectivity index (χ4v) is 2.70. The molecule has 0 saturated heterocycles. The van der Waals surface area contributed by atoms with E-state index in [9.17, 15) is 0 Å². The van der Waals surface area contributed by atoms with Gasteiger partial charge in [0.2, 0.25) is 0 Å². The molecule has 0 bridgehead atoms. The van der Waals surface area contributed by atoms with Crippen LogP contribution in [-0.4, -0.2) is 44.8 Å². The van der Waals surface area contributed by atoms with Crippen molar-refractivity contribution in [2.24, 2.45) is 0 Å². The van der Waals surface area contributed by atoms with Gasteiger partial charge >= 0.3 is 0 Å². The van der Waals surface area contributed by atoms with Gasteiger partial charge in [0.15, 0.2) is 0 Å². The first-order valence-corrected chi connectivity index (χ1v) is 7.71. The molecule has 1 N–H and O–H groups in total. The van der Waals surface area contributed by atoms with E-state index in [1.165, 1.54) is 24.0 Å². The number of nitrogens with one attached hydrogen (secondary N) is 1. The summed E-state index contributed by atoms with van der Waals surface area (Å²) in [7, 11) is 3.84. The third-order valence-electron chi connectivity index (χ3n) is 4.18. The van der Waals surface area contributed by atoms with Crippen LogP contribution in [0.2, 0.25) is 0 Å². The monoisotopic (exact) mass is 276 g/mol. The van der Waals surface area contributed by atoms with E-state index in [4.69, 9.17) is 4.74 Å². The number of methoxy groups -OCH3 is 1. The Balaban J connectivity index is 1.87. The first-order chi connectivity index (χ1) is 9.74. The van der Waals surface area contributed by atoms with Crippen LogP contribution in [0.25, 0.3) is 0 Å². The predicted molar refractivity (Wildman–Crippen MR) is 84.1 cm³/mol. The molecule has 1 aliphatic rings. The van der Waals surface area contributed by atoms with Crippen molar-refractivity contribution in [2.45, 2.75) is 38.3 Å². The summed E-state index contributed by atoms with van der Waals surface area (Å²) in [6, 6.07) is 10.1. The lowest BCUT2D eigenvalue weighted by Crippen LogP contribution is -2.33. The zero-order valence-electron chi connectivity index (χ0n) is 13.1. The van der Waals surface area contributed by atoms with E-state index >= 15 is 0 Å². The summed E-state index contributed by atoms with van der Waals surface area (Å²) in [5, 5.41) is 3.45. The molecule has 0 spiro atoms. The van der Waals surface area contributed by atoms with Crippen LogP contribution in [0.3, 0.4) is 0 Å². The van der Waals surface area contributed by atoms with E-state index < -0.39 is 0 Å². The van der Waals surface area contributed by atoms with Gasteiger partial charge in [0.05, 0.1) is 6.61 Å². The van der Waals surface area contributed by atoms with Gasteiger partial charge in [0.1, 0.15) is 0 Å². The second-order valence-corrected chi connectivity index (χ2v) is 5.80. The van der Waals surface area contributed by atoms with E-state index in [-0.39, 0.29) is 0 Å². The number of hydrogen-bond donors (Lipinski definition) is 1. The lowest BCUT2D eigenvalue weighted by Gasteiger charge is -2.25. The Morgan fingerprint density at radius 2 is 1.95 bits per heavy atom. The van der Waals surface area contributed by atoms with E-state index in [1.54, 1.807) is 7.11 Å². The fourth-order valence-electron chi connectivity index (χ4n) is 2.70. The van der Waals surface area contributed by atoms with Crippen molar-refractivity contribution in [1.29, 1.82) is 0 Å². The molecule has 0 amide bonds. The maximum absolute atomic E-state index is 5.22. The topological polar surface area (TPSA) is 24.5 Å². The molecule has 1 unspecified atom stereocenters. The van der Waals surface area contributed by atoms with Gasteiger partial charge in [-0.25, -0.2) is 0 Å². The molecule has 0 radical (unpaired) electrons. The maximum Gasteiger partial charge on any atom is 0.0589 e. The summed E-state index contributed by atoms with van der Waals surface area (Å²) in [5.41, 5.74) is 2.71. The quantitative estimate of drug-likeness (QED) is 0.750. The normalized spacial score (nSPS) is 16.6. The second kappa shape index (κ2) is 7.77. The van der Waals surface area contributed by atoms with Gasteiger partial charge in [-0.15, -0.1) is 0 Å². The molecular formula is C17H28N2O. The van der Waals surface area contributed by atoms with Gasteiger partial charge in [-0.05, 0) is 38.8 Å². The first kappa shape index (κ1) is 15.5. The SMILES string of the molecule is CNC(CCN(CCOC)C1CC1)c1ccc(C)cc1. The highest BCUT2D eigenvalue weighted by Gasteiger charge is 2.28. The summed E-state index contributed by atoms with van der Waals surface area (Å²) < 4.78 is 5.22. The van der Waals surface area contributed by atoms with Crippen LogP contribution in [0.4, 0.5) is 0 Å². The maximum atomic E-state index is 5.22. The van der Waals surface area contributed by atoms with Crippen molar-refractivity contribution in [1.82, 2.24) is 10.2 Å². The molecule has 1 aliphatic carbocycles. The van der Waals surface area contributed by atoms with Crippen LogP contribution >= 0.6 is 0 Å². The standard InChI is InChI=1S/C17H28N2O/c1-14-4-6-15(7-5-14)17(18-2)10-11-19(12-13-20-3)16-8-9-16/h4-7,16-18H,8-13H2,1-3H3. The third-order valence-corrected chi connectivity index (χ3v) is 4.18. The van der Waals surface area contributed by atoms with Gasteiger partial charge in [-0.1, -0.05) is 29.8 Å². The molecule has 1 atom stereocenters. The first-order valence-electron chi connectivity index (χ1n) is 7.71. The van der Waals surface area contributed by atoms with Crippen LogP contribution in [0.1, 0.15) is 36.4 Å². The fraction of sp³-hybridized carbons (Fsp3) is 0.647. The number of hydrogen-bond acceptors (Lipinski definition) is 3. The molecule has 3 heteroatoms. The summed E-state index contributed by atoms with van der Waals surface area (Å²) >= 11 is 0. The highest BCUT2D eigenvalue weighted by Crippen LogP contribution is 2.28. The zero-order valence-corrected chi connectivity index (χ0v) is 13.1. The Bertz CT molecular complexity index is 386. The molecule has 3 nitrogen and oxygen atoms in total. The van der Waals surface area contributed by atoms with E-state index in [0.717, 1.165) is 32.2 Å². The number of ether oxygens (including phenoxy) is 1. The van der Waals surface area contributed by atoms with Crippen molar-refractivity contribution < 1.29 is 4.74 Å². The van der Waals surface area contributed by atoms with E-state index in [1.807, 2.05) is 0 Å². The Hall–Kier alpha value is -0.900. The van der Waals surface area contributed by atoms with Gasteiger partial charge < -0.3 is 10.1 Å². The average molecular weight is 276 g/mol. The summed E-state index contributed by atoms with van der Waals surface area (Å²) in [4.78, 5) is 2.59. The number of aryl methyl sites for hydroxylation is 1. The molecule has 2 rings (SSSR count). The minimum atomic E-state index is 0.444. The molecule has 0 aliphatic heterocycles. The summed E-state index contributed by atoms with van der Waals surface area (Å²) in [5.74, 6) is 0. The van der Waals surface area contributed by atoms with Gasteiger partial charge in [-0.3, -0.25) is 4.90 Å². The largest absolute Gasteiger partial charge is 0.383 e. The molecule has 0 aromatic heterocycles. The predicted octanol–water partition coefficient (Wildman–Crippen LogP) is 2.76. The van der Waals surface area contributed by atoms with E-state index in [0.29, 0.717) is 6.04 Å². The lowest BCUT2D eigenvalue weighted by molar-refractivity contribution is 0.140. The Kier molecular flexibility index (Phi) is 6.02. The minimum absolute atomic E-state index is 0.444. The van der Waals surface area contributed by atoms with Crippen LogP contribution in [0, 0.1) is 6.92 Å². The molecule has 1 saturated carbocycles.